The van der Waals surface area contributed by atoms with Gasteiger partial charge in [0.05, 0.1) is 16.4 Å². The molecular formula is C29H42ClN7O3. The molecule has 3 aliphatic rings. The minimum Gasteiger partial charge on any atom is -0.462 e. The first-order chi connectivity index (χ1) is 19.0. The van der Waals surface area contributed by atoms with Crippen LogP contribution in [0, 0.1) is 6.92 Å². The molecule has 0 spiro atoms. The lowest BCUT2D eigenvalue weighted by atomic mass is 10.1. The predicted molar refractivity (Wildman–Crippen MR) is 155 cm³/mol. The van der Waals surface area contributed by atoms with Gasteiger partial charge in [-0.05, 0) is 73.2 Å². The van der Waals surface area contributed by atoms with Gasteiger partial charge in [-0.25, -0.2) is 4.79 Å². The average Bonchev–Trinajstić information content (AvgIpc) is 3.48. The fourth-order valence-corrected chi connectivity index (χ4v) is 5.90. The standard InChI is InChI=1S/C29H42ClN7O3/c1-19-9-10-23(30)25(31-19)17-35-15-22-24(16-35)32-27(39-18-21-8-7-11-34(21)6)33-26(22)37-13-12-36(14-20(37)2)28(38)40-29(3,4)5/h9-10,20-21H,7-8,11-18H2,1-6H3/t20-,21-/m0/s1. The number of rotatable bonds is 6. The van der Waals surface area contributed by atoms with Crippen LogP contribution < -0.4 is 9.64 Å². The van der Waals surface area contributed by atoms with Crippen LogP contribution in [0.4, 0.5) is 10.6 Å². The molecule has 0 saturated carbocycles. The zero-order valence-electron chi connectivity index (χ0n) is 24.6. The van der Waals surface area contributed by atoms with Gasteiger partial charge in [0, 0.05) is 62.6 Å². The molecule has 218 valence electrons. The molecule has 0 aromatic carbocycles. The smallest absolute Gasteiger partial charge is 0.410 e. The van der Waals surface area contributed by atoms with Crippen LogP contribution in [0.1, 0.15) is 63.2 Å². The van der Waals surface area contributed by atoms with Crippen LogP contribution in [0.25, 0.3) is 0 Å². The Hall–Kier alpha value is -2.69. The summed E-state index contributed by atoms with van der Waals surface area (Å²) in [4.78, 5) is 36.0. The molecule has 2 atom stereocenters. The number of anilines is 1. The molecule has 2 aromatic heterocycles. The highest BCUT2D eigenvalue weighted by Gasteiger charge is 2.35. The first-order valence-corrected chi connectivity index (χ1v) is 14.7. The number of carbonyl (C=O) groups excluding carboxylic acids is 1. The fourth-order valence-electron chi connectivity index (χ4n) is 5.73. The second-order valence-corrected chi connectivity index (χ2v) is 12.7. The minimum atomic E-state index is -0.525. The highest BCUT2D eigenvalue weighted by Crippen LogP contribution is 2.34. The quantitative estimate of drug-likeness (QED) is 0.504. The van der Waals surface area contributed by atoms with Crippen molar-refractivity contribution >= 4 is 23.5 Å². The number of aryl methyl sites for hydroxylation is 1. The summed E-state index contributed by atoms with van der Waals surface area (Å²) in [7, 11) is 2.14. The van der Waals surface area contributed by atoms with E-state index in [4.69, 9.17) is 31.0 Å². The van der Waals surface area contributed by atoms with Crippen LogP contribution in [0.3, 0.4) is 0 Å². The number of carbonyl (C=O) groups is 1. The van der Waals surface area contributed by atoms with Gasteiger partial charge in [0.25, 0.3) is 0 Å². The second kappa shape index (κ2) is 11.7. The van der Waals surface area contributed by atoms with Crippen molar-refractivity contribution in [2.45, 2.75) is 84.8 Å². The third kappa shape index (κ3) is 6.61. The first kappa shape index (κ1) is 28.8. The van der Waals surface area contributed by atoms with Crippen molar-refractivity contribution in [2.75, 3.05) is 44.7 Å². The first-order valence-electron chi connectivity index (χ1n) is 14.3. The molecule has 0 bridgehead atoms. The third-order valence-electron chi connectivity index (χ3n) is 7.86. The van der Waals surface area contributed by atoms with E-state index in [-0.39, 0.29) is 12.1 Å². The topological polar surface area (TPSA) is 87.2 Å². The molecule has 0 unspecified atom stereocenters. The molecule has 11 heteroatoms. The van der Waals surface area contributed by atoms with Gasteiger partial charge in [-0.1, -0.05) is 11.6 Å². The molecule has 2 saturated heterocycles. The van der Waals surface area contributed by atoms with Crippen molar-refractivity contribution in [3.8, 4) is 6.01 Å². The molecule has 1 amide bonds. The number of aromatic nitrogens is 3. The average molecular weight is 572 g/mol. The molecule has 0 radical (unpaired) electrons. The Kier molecular flexibility index (Phi) is 8.40. The molecule has 3 aliphatic heterocycles. The van der Waals surface area contributed by atoms with Crippen LogP contribution in [-0.2, 0) is 24.4 Å². The molecule has 40 heavy (non-hydrogen) atoms. The maximum Gasteiger partial charge on any atom is 0.410 e. The molecule has 10 nitrogen and oxygen atoms in total. The van der Waals surface area contributed by atoms with Gasteiger partial charge in [0.1, 0.15) is 18.0 Å². The lowest BCUT2D eigenvalue weighted by molar-refractivity contribution is 0.0218. The largest absolute Gasteiger partial charge is 0.462 e. The number of hydrogen-bond donors (Lipinski definition) is 0. The second-order valence-electron chi connectivity index (χ2n) is 12.3. The van der Waals surface area contributed by atoms with E-state index in [1.54, 1.807) is 4.90 Å². The molecule has 5 rings (SSSR count). The number of halogens is 1. The van der Waals surface area contributed by atoms with Crippen LogP contribution in [0.2, 0.25) is 5.02 Å². The number of likely N-dealkylation sites (N-methyl/N-ethyl adjacent to an activating group) is 1. The van der Waals surface area contributed by atoms with Crippen molar-refractivity contribution in [3.63, 3.8) is 0 Å². The Morgan fingerprint density at radius 1 is 1.12 bits per heavy atom. The molecule has 2 aromatic rings. The molecule has 0 N–H and O–H groups in total. The Labute approximate surface area is 242 Å². The Bertz CT molecular complexity index is 1240. The highest BCUT2D eigenvalue weighted by molar-refractivity contribution is 6.31. The lowest BCUT2D eigenvalue weighted by Crippen LogP contribution is -2.55. The van der Waals surface area contributed by atoms with E-state index in [0.29, 0.717) is 63.0 Å². The number of likely N-dealkylation sites (tertiary alicyclic amines) is 1. The van der Waals surface area contributed by atoms with E-state index in [2.05, 4.69) is 33.7 Å². The van der Waals surface area contributed by atoms with Gasteiger partial charge < -0.3 is 24.2 Å². The van der Waals surface area contributed by atoms with Gasteiger partial charge in [0.15, 0.2) is 0 Å². The van der Waals surface area contributed by atoms with Gasteiger partial charge in [-0.2, -0.15) is 9.97 Å². The van der Waals surface area contributed by atoms with E-state index in [1.807, 2.05) is 39.8 Å². The van der Waals surface area contributed by atoms with Crippen LogP contribution in [0.5, 0.6) is 6.01 Å². The summed E-state index contributed by atoms with van der Waals surface area (Å²) < 4.78 is 11.9. The van der Waals surface area contributed by atoms with Gasteiger partial charge in [-0.15, -0.1) is 0 Å². The van der Waals surface area contributed by atoms with Crippen molar-refractivity contribution in [1.29, 1.82) is 0 Å². The Balaban J connectivity index is 1.37. The van der Waals surface area contributed by atoms with Crippen molar-refractivity contribution < 1.29 is 14.3 Å². The van der Waals surface area contributed by atoms with Gasteiger partial charge >= 0.3 is 12.1 Å². The maximum absolute atomic E-state index is 12.8. The molecule has 2 fully saturated rings. The Morgan fingerprint density at radius 3 is 2.62 bits per heavy atom. The summed E-state index contributed by atoms with van der Waals surface area (Å²) in [5.41, 5.74) is 3.37. The zero-order valence-corrected chi connectivity index (χ0v) is 25.4. The fraction of sp³-hybridized carbons (Fsp3) is 0.655. The van der Waals surface area contributed by atoms with Crippen LogP contribution in [0.15, 0.2) is 12.1 Å². The highest BCUT2D eigenvalue weighted by atomic mass is 35.5. The van der Waals surface area contributed by atoms with E-state index in [1.165, 1.54) is 6.42 Å². The van der Waals surface area contributed by atoms with Crippen LogP contribution >= 0.6 is 11.6 Å². The minimum absolute atomic E-state index is 0.0519. The predicted octanol–water partition coefficient (Wildman–Crippen LogP) is 4.27. The number of pyridine rings is 1. The SMILES string of the molecule is Cc1ccc(Cl)c(CN2Cc3nc(OC[C@@H]4CCCN4C)nc(N4CCN(C(=O)OC(C)(C)C)C[C@@H]4C)c3C2)n1. The third-order valence-corrected chi connectivity index (χ3v) is 8.21. The lowest BCUT2D eigenvalue weighted by Gasteiger charge is -2.41. The molecule has 0 aliphatic carbocycles. The normalized spacial score (nSPS) is 22.1. The zero-order chi connectivity index (χ0) is 28.6. The summed E-state index contributed by atoms with van der Waals surface area (Å²) in [5, 5.41) is 0.671. The summed E-state index contributed by atoms with van der Waals surface area (Å²) in [5.74, 6) is 0.891. The monoisotopic (exact) mass is 571 g/mol. The molecular weight excluding hydrogens is 530 g/mol. The summed E-state index contributed by atoms with van der Waals surface area (Å²) in [6, 6.07) is 4.69. The number of amides is 1. The van der Waals surface area contributed by atoms with Gasteiger partial charge in [0.2, 0.25) is 0 Å². The Morgan fingerprint density at radius 2 is 1.93 bits per heavy atom. The summed E-state index contributed by atoms with van der Waals surface area (Å²) >= 11 is 6.49. The van der Waals surface area contributed by atoms with E-state index in [9.17, 15) is 4.79 Å². The van der Waals surface area contributed by atoms with Crippen molar-refractivity contribution in [1.82, 2.24) is 29.7 Å². The maximum atomic E-state index is 12.8. The molecule has 5 heterocycles. The van der Waals surface area contributed by atoms with Crippen LogP contribution in [-0.4, -0.2) is 93.3 Å². The number of piperazine rings is 1. The van der Waals surface area contributed by atoms with Gasteiger partial charge in [-0.3, -0.25) is 9.88 Å². The number of nitrogens with zero attached hydrogens (tertiary/aromatic N) is 7. The summed E-state index contributed by atoms with van der Waals surface area (Å²) in [6.45, 7) is 15.2. The van der Waals surface area contributed by atoms with E-state index in [0.717, 1.165) is 41.4 Å². The number of hydrogen-bond acceptors (Lipinski definition) is 9. The van der Waals surface area contributed by atoms with E-state index >= 15 is 0 Å². The van der Waals surface area contributed by atoms with Crippen molar-refractivity contribution in [3.05, 3.63) is 39.8 Å². The van der Waals surface area contributed by atoms with Crippen molar-refractivity contribution in [2.24, 2.45) is 0 Å². The number of fused-ring (bicyclic) bond motifs is 1. The van der Waals surface area contributed by atoms with E-state index < -0.39 is 5.60 Å². The number of ether oxygens (including phenoxy) is 2. The summed E-state index contributed by atoms with van der Waals surface area (Å²) in [6.07, 6.45) is 2.03.